The summed E-state index contributed by atoms with van der Waals surface area (Å²) in [6.07, 6.45) is -0.825. The molecule has 0 aliphatic heterocycles. The lowest BCUT2D eigenvalue weighted by molar-refractivity contribution is -0.156. The van der Waals surface area contributed by atoms with E-state index in [0.29, 0.717) is 18.2 Å². The van der Waals surface area contributed by atoms with Crippen molar-refractivity contribution in [3.63, 3.8) is 0 Å². The minimum Gasteiger partial charge on any atom is -0.482 e. The van der Waals surface area contributed by atoms with Crippen molar-refractivity contribution in [2.24, 2.45) is 5.92 Å². The van der Waals surface area contributed by atoms with Crippen LogP contribution in [0.2, 0.25) is 0 Å². The molecule has 0 bridgehead atoms. The Morgan fingerprint density at radius 2 is 1.86 bits per heavy atom. The van der Waals surface area contributed by atoms with E-state index in [0.717, 1.165) is 11.1 Å². The van der Waals surface area contributed by atoms with Crippen molar-refractivity contribution in [3.8, 4) is 5.75 Å². The number of carbonyl (C=O) groups excluding carboxylic acids is 2. The summed E-state index contributed by atoms with van der Waals surface area (Å²) in [6.45, 7) is 9.78. The van der Waals surface area contributed by atoms with E-state index < -0.39 is 12.1 Å². The van der Waals surface area contributed by atoms with Crippen LogP contribution in [0.1, 0.15) is 31.9 Å². The number of rotatable bonds is 7. The van der Waals surface area contributed by atoms with Gasteiger partial charge in [0, 0.05) is 6.54 Å². The molecule has 0 radical (unpaired) electrons. The van der Waals surface area contributed by atoms with E-state index in [-0.39, 0.29) is 12.5 Å². The van der Waals surface area contributed by atoms with E-state index in [4.69, 9.17) is 9.47 Å². The third-order valence-electron chi connectivity index (χ3n) is 3.04. The molecule has 0 aliphatic carbocycles. The van der Waals surface area contributed by atoms with Gasteiger partial charge < -0.3 is 14.8 Å². The SMILES string of the molecule is Cc1ccc(OCC(=O)O[C@H](C)C(=O)NCC(C)C)c(C)c1. The van der Waals surface area contributed by atoms with Crippen LogP contribution in [0.25, 0.3) is 0 Å². The third-order valence-corrected chi connectivity index (χ3v) is 3.04. The Balaban J connectivity index is 2.41. The summed E-state index contributed by atoms with van der Waals surface area (Å²) in [6, 6.07) is 5.70. The standard InChI is InChI=1S/C17H25NO4/c1-11(2)9-18-17(20)14(5)22-16(19)10-21-15-7-6-12(3)8-13(15)4/h6-8,11,14H,9-10H2,1-5H3,(H,18,20)/t14-/m1/s1. The van der Waals surface area contributed by atoms with E-state index in [1.807, 2.05) is 45.9 Å². The lowest BCUT2D eigenvalue weighted by atomic mass is 10.1. The van der Waals surface area contributed by atoms with Gasteiger partial charge in [0.05, 0.1) is 0 Å². The lowest BCUT2D eigenvalue weighted by Gasteiger charge is -2.15. The molecule has 0 fully saturated rings. The summed E-state index contributed by atoms with van der Waals surface area (Å²) < 4.78 is 10.5. The van der Waals surface area contributed by atoms with E-state index in [9.17, 15) is 9.59 Å². The molecule has 122 valence electrons. The number of ether oxygens (including phenoxy) is 2. The molecule has 1 atom stereocenters. The number of hydrogen-bond acceptors (Lipinski definition) is 4. The zero-order valence-electron chi connectivity index (χ0n) is 13.9. The number of carbonyl (C=O) groups is 2. The monoisotopic (exact) mass is 307 g/mol. The number of nitrogens with one attached hydrogen (secondary N) is 1. The van der Waals surface area contributed by atoms with Crippen LogP contribution >= 0.6 is 0 Å². The van der Waals surface area contributed by atoms with Gasteiger partial charge >= 0.3 is 5.97 Å². The maximum Gasteiger partial charge on any atom is 0.344 e. The van der Waals surface area contributed by atoms with E-state index >= 15 is 0 Å². The van der Waals surface area contributed by atoms with Crippen molar-refractivity contribution in [1.29, 1.82) is 0 Å². The second kappa shape index (κ2) is 8.41. The minimum atomic E-state index is -0.825. The van der Waals surface area contributed by atoms with Gasteiger partial charge in [0.15, 0.2) is 12.7 Å². The molecule has 0 heterocycles. The quantitative estimate of drug-likeness (QED) is 0.786. The van der Waals surface area contributed by atoms with Gasteiger partial charge in [-0.1, -0.05) is 31.5 Å². The number of benzene rings is 1. The predicted molar refractivity (Wildman–Crippen MR) is 84.8 cm³/mol. The van der Waals surface area contributed by atoms with Crippen molar-refractivity contribution in [2.45, 2.75) is 40.7 Å². The van der Waals surface area contributed by atoms with Gasteiger partial charge in [0.2, 0.25) is 0 Å². The van der Waals surface area contributed by atoms with E-state index in [1.165, 1.54) is 0 Å². The fourth-order valence-corrected chi connectivity index (χ4v) is 1.83. The van der Waals surface area contributed by atoms with E-state index in [1.54, 1.807) is 6.92 Å². The summed E-state index contributed by atoms with van der Waals surface area (Å²) in [5.41, 5.74) is 2.08. The Labute approximate surface area is 132 Å². The maximum atomic E-state index is 11.7. The number of hydrogen-bond donors (Lipinski definition) is 1. The van der Waals surface area contributed by atoms with Crippen LogP contribution in [0.4, 0.5) is 0 Å². The molecule has 1 N–H and O–H groups in total. The molecule has 0 saturated heterocycles. The normalized spacial score (nSPS) is 11.9. The van der Waals surface area contributed by atoms with Crippen molar-refractivity contribution in [1.82, 2.24) is 5.32 Å². The topological polar surface area (TPSA) is 64.6 Å². The molecule has 22 heavy (non-hydrogen) atoms. The van der Waals surface area contributed by atoms with E-state index in [2.05, 4.69) is 5.32 Å². The Morgan fingerprint density at radius 1 is 1.18 bits per heavy atom. The van der Waals surface area contributed by atoms with Gasteiger partial charge in [-0.05, 0) is 38.3 Å². The highest BCUT2D eigenvalue weighted by Gasteiger charge is 2.18. The fourth-order valence-electron chi connectivity index (χ4n) is 1.83. The largest absolute Gasteiger partial charge is 0.482 e. The van der Waals surface area contributed by atoms with Crippen LogP contribution in [-0.4, -0.2) is 31.1 Å². The lowest BCUT2D eigenvalue weighted by Crippen LogP contribution is -2.38. The fraction of sp³-hybridized carbons (Fsp3) is 0.529. The molecule has 1 aromatic rings. The average molecular weight is 307 g/mol. The van der Waals surface area contributed by atoms with Crippen molar-refractivity contribution in [2.75, 3.05) is 13.2 Å². The molecule has 0 aromatic heterocycles. The molecular formula is C17H25NO4. The molecule has 0 unspecified atom stereocenters. The molecule has 1 aromatic carbocycles. The van der Waals surface area contributed by atoms with Crippen LogP contribution in [-0.2, 0) is 14.3 Å². The summed E-state index contributed by atoms with van der Waals surface area (Å²) in [7, 11) is 0. The van der Waals surface area contributed by atoms with Crippen LogP contribution in [0, 0.1) is 19.8 Å². The zero-order chi connectivity index (χ0) is 16.7. The second-order valence-corrected chi connectivity index (χ2v) is 5.83. The first-order valence-corrected chi connectivity index (χ1v) is 7.46. The highest BCUT2D eigenvalue weighted by atomic mass is 16.6. The number of esters is 1. The Bertz CT molecular complexity index is 525. The molecule has 0 spiro atoms. The Morgan fingerprint density at radius 3 is 2.45 bits per heavy atom. The minimum absolute atomic E-state index is 0.217. The molecule has 0 saturated carbocycles. The van der Waals surface area contributed by atoms with Crippen LogP contribution in [0.3, 0.4) is 0 Å². The molecule has 1 amide bonds. The van der Waals surface area contributed by atoms with Gasteiger partial charge in [-0.15, -0.1) is 0 Å². The smallest absolute Gasteiger partial charge is 0.344 e. The van der Waals surface area contributed by atoms with Gasteiger partial charge in [-0.2, -0.15) is 0 Å². The Kier molecular flexibility index (Phi) is 6.89. The summed E-state index contributed by atoms with van der Waals surface area (Å²) >= 11 is 0. The highest BCUT2D eigenvalue weighted by Crippen LogP contribution is 2.18. The van der Waals surface area contributed by atoms with Gasteiger partial charge in [-0.25, -0.2) is 4.79 Å². The van der Waals surface area contributed by atoms with Crippen LogP contribution < -0.4 is 10.1 Å². The van der Waals surface area contributed by atoms with Gasteiger partial charge in [-0.3, -0.25) is 4.79 Å². The molecule has 0 aliphatic rings. The zero-order valence-corrected chi connectivity index (χ0v) is 13.9. The Hall–Kier alpha value is -2.04. The van der Waals surface area contributed by atoms with Crippen LogP contribution in [0.5, 0.6) is 5.75 Å². The third kappa shape index (κ3) is 6.16. The number of amides is 1. The van der Waals surface area contributed by atoms with Crippen LogP contribution in [0.15, 0.2) is 18.2 Å². The first-order valence-electron chi connectivity index (χ1n) is 7.46. The molecule has 1 rings (SSSR count). The number of aryl methyl sites for hydroxylation is 2. The first kappa shape index (κ1) is 18.0. The molecule has 5 nitrogen and oxygen atoms in total. The predicted octanol–water partition coefficient (Wildman–Crippen LogP) is 2.39. The van der Waals surface area contributed by atoms with Crippen molar-refractivity contribution >= 4 is 11.9 Å². The maximum absolute atomic E-state index is 11.7. The molecular weight excluding hydrogens is 282 g/mol. The summed E-state index contributed by atoms with van der Waals surface area (Å²) in [5, 5.41) is 2.72. The highest BCUT2D eigenvalue weighted by molar-refractivity contribution is 5.83. The summed E-state index contributed by atoms with van der Waals surface area (Å²) in [4.78, 5) is 23.4. The van der Waals surface area contributed by atoms with Gasteiger partial charge in [0.1, 0.15) is 5.75 Å². The van der Waals surface area contributed by atoms with Crippen molar-refractivity contribution in [3.05, 3.63) is 29.3 Å². The second-order valence-electron chi connectivity index (χ2n) is 5.83. The van der Waals surface area contributed by atoms with Crippen molar-refractivity contribution < 1.29 is 19.1 Å². The molecule has 5 heteroatoms. The first-order chi connectivity index (χ1) is 10.3. The summed E-state index contributed by atoms with van der Waals surface area (Å²) in [5.74, 6) is 0.125. The average Bonchev–Trinajstić information content (AvgIpc) is 2.43. The van der Waals surface area contributed by atoms with Gasteiger partial charge in [0.25, 0.3) is 5.91 Å².